The van der Waals surface area contributed by atoms with Crippen molar-refractivity contribution >= 4 is 22.8 Å². The molecule has 0 bridgehead atoms. The van der Waals surface area contributed by atoms with E-state index in [0.29, 0.717) is 0 Å². The summed E-state index contributed by atoms with van der Waals surface area (Å²) < 4.78 is 10.6. The van der Waals surface area contributed by atoms with Crippen LogP contribution in [0.25, 0.3) is 10.9 Å². The lowest BCUT2D eigenvalue weighted by molar-refractivity contribution is -0.162. The molecule has 3 aromatic rings. The molecule has 1 unspecified atom stereocenters. The van der Waals surface area contributed by atoms with E-state index in [4.69, 9.17) is 9.47 Å². The molecule has 0 saturated heterocycles. The van der Waals surface area contributed by atoms with E-state index in [2.05, 4.69) is 4.98 Å². The second-order valence-electron chi connectivity index (χ2n) is 7.08. The largest absolute Gasteiger partial charge is 0.465 e. The number of benzene rings is 2. The van der Waals surface area contributed by atoms with Crippen molar-refractivity contribution in [2.45, 2.75) is 33.6 Å². The number of ether oxygens (including phenoxy) is 2. The third-order valence-electron chi connectivity index (χ3n) is 5.11. The summed E-state index contributed by atoms with van der Waals surface area (Å²) in [7, 11) is 0. The summed E-state index contributed by atoms with van der Waals surface area (Å²) in [6.07, 6.45) is 0. The molecule has 152 valence electrons. The van der Waals surface area contributed by atoms with Gasteiger partial charge in [-0.15, -0.1) is 0 Å². The fourth-order valence-corrected chi connectivity index (χ4v) is 3.83. The van der Waals surface area contributed by atoms with Crippen LogP contribution in [0.2, 0.25) is 0 Å². The molecule has 0 fully saturated rings. The first-order chi connectivity index (χ1) is 14.0. The van der Waals surface area contributed by atoms with Gasteiger partial charge >= 0.3 is 11.9 Å². The van der Waals surface area contributed by atoms with Gasteiger partial charge in [-0.3, -0.25) is 9.59 Å². The van der Waals surface area contributed by atoms with Crippen LogP contribution in [0, 0.1) is 19.8 Å². The Hall–Kier alpha value is -3.08. The van der Waals surface area contributed by atoms with Crippen LogP contribution in [0.1, 0.15) is 42.1 Å². The van der Waals surface area contributed by atoms with E-state index < -0.39 is 23.8 Å². The molecule has 0 radical (unpaired) electrons. The number of hydrogen-bond donors (Lipinski definition) is 1. The molecule has 1 atom stereocenters. The van der Waals surface area contributed by atoms with E-state index in [-0.39, 0.29) is 13.2 Å². The van der Waals surface area contributed by atoms with Crippen molar-refractivity contribution in [3.63, 3.8) is 0 Å². The van der Waals surface area contributed by atoms with Crippen molar-refractivity contribution in [1.29, 1.82) is 0 Å². The molecular weight excluding hydrogens is 366 g/mol. The van der Waals surface area contributed by atoms with Gasteiger partial charge in [-0.2, -0.15) is 0 Å². The van der Waals surface area contributed by atoms with Crippen LogP contribution in [-0.4, -0.2) is 30.1 Å². The molecule has 0 saturated carbocycles. The first kappa shape index (κ1) is 20.6. The summed E-state index contributed by atoms with van der Waals surface area (Å²) in [6.45, 7) is 7.83. The lowest BCUT2D eigenvalue weighted by Crippen LogP contribution is -2.34. The summed E-state index contributed by atoms with van der Waals surface area (Å²) in [5.74, 6) is -2.75. The maximum atomic E-state index is 13.0. The van der Waals surface area contributed by atoms with Crippen molar-refractivity contribution < 1.29 is 19.1 Å². The number of carbonyl (C=O) groups excluding carboxylic acids is 2. The second kappa shape index (κ2) is 8.95. The number of rotatable bonds is 7. The fourth-order valence-electron chi connectivity index (χ4n) is 3.83. The smallest absolute Gasteiger partial charge is 0.321 e. The lowest BCUT2D eigenvalue weighted by atomic mass is 9.79. The van der Waals surface area contributed by atoms with E-state index >= 15 is 0 Å². The molecule has 1 N–H and O–H groups in total. The minimum atomic E-state index is -1.09. The van der Waals surface area contributed by atoms with E-state index in [0.717, 1.165) is 33.3 Å². The quantitative estimate of drug-likeness (QED) is 0.468. The van der Waals surface area contributed by atoms with Gasteiger partial charge in [0.1, 0.15) is 0 Å². The fraction of sp³-hybridized carbons (Fsp3) is 0.333. The molecule has 5 nitrogen and oxygen atoms in total. The van der Waals surface area contributed by atoms with Crippen molar-refractivity contribution in [3.05, 3.63) is 70.9 Å². The number of aromatic amines is 1. The molecule has 29 heavy (non-hydrogen) atoms. The molecule has 0 spiro atoms. The third kappa shape index (κ3) is 4.19. The molecule has 5 heteroatoms. The average molecular weight is 393 g/mol. The molecule has 0 amide bonds. The number of carbonyl (C=O) groups is 2. The number of esters is 2. The van der Waals surface area contributed by atoms with Gasteiger partial charge < -0.3 is 14.5 Å². The maximum absolute atomic E-state index is 13.0. The van der Waals surface area contributed by atoms with Crippen molar-refractivity contribution in [1.82, 2.24) is 4.98 Å². The summed E-state index contributed by atoms with van der Waals surface area (Å²) in [6, 6.07) is 15.8. The van der Waals surface area contributed by atoms with Gasteiger partial charge in [0.25, 0.3) is 0 Å². The molecular formula is C24H27NO4. The zero-order chi connectivity index (χ0) is 21.0. The van der Waals surface area contributed by atoms with E-state index in [9.17, 15) is 9.59 Å². The van der Waals surface area contributed by atoms with Gasteiger partial charge in [0, 0.05) is 22.5 Å². The van der Waals surface area contributed by atoms with Crippen molar-refractivity contribution in [2.75, 3.05) is 13.2 Å². The average Bonchev–Trinajstić information content (AvgIpc) is 3.02. The predicted molar refractivity (Wildman–Crippen MR) is 113 cm³/mol. The summed E-state index contributed by atoms with van der Waals surface area (Å²) >= 11 is 0. The van der Waals surface area contributed by atoms with Crippen LogP contribution < -0.4 is 0 Å². The highest BCUT2D eigenvalue weighted by Crippen LogP contribution is 2.40. The molecule has 2 aromatic carbocycles. The lowest BCUT2D eigenvalue weighted by Gasteiger charge is -2.25. The number of H-pyrrole nitrogens is 1. The van der Waals surface area contributed by atoms with Crippen LogP contribution in [0.15, 0.2) is 48.5 Å². The van der Waals surface area contributed by atoms with E-state index in [1.54, 1.807) is 13.8 Å². The Morgan fingerprint density at radius 1 is 0.897 bits per heavy atom. The first-order valence-electron chi connectivity index (χ1n) is 9.94. The van der Waals surface area contributed by atoms with Crippen LogP contribution >= 0.6 is 0 Å². The highest BCUT2D eigenvalue weighted by molar-refractivity contribution is 5.98. The Morgan fingerprint density at radius 2 is 1.48 bits per heavy atom. The Kier molecular flexibility index (Phi) is 6.37. The van der Waals surface area contributed by atoms with Gasteiger partial charge in [0.15, 0.2) is 5.92 Å². The summed E-state index contributed by atoms with van der Waals surface area (Å²) in [4.78, 5) is 29.3. The molecule has 1 aromatic heterocycles. The number of nitrogens with one attached hydrogen (secondary N) is 1. The van der Waals surface area contributed by atoms with Crippen molar-refractivity contribution in [3.8, 4) is 0 Å². The summed E-state index contributed by atoms with van der Waals surface area (Å²) in [5, 5.41) is 0.981. The number of hydrogen-bond acceptors (Lipinski definition) is 4. The van der Waals surface area contributed by atoms with Gasteiger partial charge in [0.2, 0.25) is 0 Å². The van der Waals surface area contributed by atoms with Crippen molar-refractivity contribution in [2.24, 2.45) is 5.92 Å². The Balaban J connectivity index is 2.25. The monoisotopic (exact) mass is 393 g/mol. The highest BCUT2D eigenvalue weighted by Gasteiger charge is 2.41. The van der Waals surface area contributed by atoms with Crippen LogP contribution in [-0.2, 0) is 19.1 Å². The van der Waals surface area contributed by atoms with Crippen LogP contribution in [0.3, 0.4) is 0 Å². The van der Waals surface area contributed by atoms with E-state index in [1.807, 2.05) is 62.4 Å². The van der Waals surface area contributed by atoms with Gasteiger partial charge in [-0.05, 0) is 44.9 Å². The summed E-state index contributed by atoms with van der Waals surface area (Å²) in [5.41, 5.74) is 4.76. The van der Waals surface area contributed by atoms with Crippen LogP contribution in [0.4, 0.5) is 0 Å². The number of aryl methyl sites for hydroxylation is 2. The topological polar surface area (TPSA) is 68.4 Å². The SMILES string of the molecule is CCOC(=O)C(C(=O)OCC)C(c1ccc(C)cc1)c1c(C)[nH]c2ccccc12. The molecule has 0 aliphatic heterocycles. The maximum Gasteiger partial charge on any atom is 0.321 e. The number of aromatic nitrogens is 1. The molecule has 3 rings (SSSR count). The molecule has 1 heterocycles. The van der Waals surface area contributed by atoms with Gasteiger partial charge in [-0.1, -0.05) is 48.0 Å². The predicted octanol–water partition coefficient (Wildman–Crippen LogP) is 4.66. The minimum Gasteiger partial charge on any atom is -0.465 e. The van der Waals surface area contributed by atoms with E-state index in [1.165, 1.54) is 0 Å². The Morgan fingerprint density at radius 3 is 2.07 bits per heavy atom. The second-order valence-corrected chi connectivity index (χ2v) is 7.08. The number of fused-ring (bicyclic) bond motifs is 1. The minimum absolute atomic E-state index is 0.197. The Bertz CT molecular complexity index is 985. The third-order valence-corrected chi connectivity index (χ3v) is 5.11. The first-order valence-corrected chi connectivity index (χ1v) is 9.94. The standard InChI is InChI=1S/C24H27NO4/c1-5-28-23(26)22(24(27)29-6-2)21(17-13-11-15(3)12-14-17)20-16(4)25-19-10-8-7-9-18(19)20/h7-14,21-22,25H,5-6H2,1-4H3. The normalized spacial score (nSPS) is 12.2. The molecule has 0 aliphatic carbocycles. The molecule has 0 aliphatic rings. The highest BCUT2D eigenvalue weighted by atomic mass is 16.6. The zero-order valence-electron chi connectivity index (χ0n) is 17.3. The van der Waals surface area contributed by atoms with Gasteiger partial charge in [-0.25, -0.2) is 0 Å². The number of para-hydroxylation sites is 1. The zero-order valence-corrected chi connectivity index (χ0v) is 17.3. The Labute approximate surface area is 171 Å². The van der Waals surface area contributed by atoms with Gasteiger partial charge in [0.05, 0.1) is 13.2 Å². The van der Waals surface area contributed by atoms with Crippen LogP contribution in [0.5, 0.6) is 0 Å².